The van der Waals surface area contributed by atoms with Gasteiger partial charge in [-0.15, -0.1) is 0 Å². The Kier molecular flexibility index (Phi) is 8.30. The largest absolute Gasteiger partial charge is 0.493 e. The lowest BCUT2D eigenvalue weighted by Crippen LogP contribution is -2.36. The Morgan fingerprint density at radius 1 is 1.05 bits per heavy atom. The van der Waals surface area contributed by atoms with Gasteiger partial charge in [-0.25, -0.2) is 0 Å². The Morgan fingerprint density at radius 3 is 2.38 bits per heavy atom. The van der Waals surface area contributed by atoms with E-state index < -0.39 is 28.5 Å². The molecule has 1 N–H and O–H groups in total. The van der Waals surface area contributed by atoms with Gasteiger partial charge in [-0.3, -0.25) is 29.4 Å². The minimum absolute atomic E-state index is 0.0504. The molecule has 0 aliphatic carbocycles. The lowest BCUT2D eigenvalue weighted by molar-refractivity contribution is -0.385. The summed E-state index contributed by atoms with van der Waals surface area (Å²) in [7, 11) is 1.39. The van der Waals surface area contributed by atoms with Crippen LogP contribution in [0, 0.1) is 24.0 Å². The first-order valence-corrected chi connectivity index (χ1v) is 12.6. The highest BCUT2D eigenvalue weighted by Crippen LogP contribution is 2.39. The molecule has 0 bridgehead atoms. The number of nitrogens with one attached hydrogen (secondary N) is 1. The molecule has 1 aliphatic heterocycles. The van der Waals surface area contributed by atoms with Gasteiger partial charge >= 0.3 is 0 Å². The maximum absolute atomic E-state index is 13.0. The average molecular weight is 548 g/mol. The number of methoxy groups -OCH3 is 1. The van der Waals surface area contributed by atoms with Crippen LogP contribution in [0.2, 0.25) is 0 Å². The van der Waals surface area contributed by atoms with Crippen LogP contribution in [-0.4, -0.2) is 40.5 Å². The fraction of sp³-hybridized carbons (Fsp3) is 0.179. The van der Waals surface area contributed by atoms with Gasteiger partial charge in [0.1, 0.15) is 13.2 Å². The third-order valence-corrected chi connectivity index (χ3v) is 6.86. The summed E-state index contributed by atoms with van der Waals surface area (Å²) in [6.07, 6.45) is 1.25. The summed E-state index contributed by atoms with van der Waals surface area (Å²) in [5.74, 6) is -0.890. The lowest BCUT2D eigenvalue weighted by atomic mass is 10.1. The number of anilines is 1. The molecular weight excluding hydrogens is 522 g/mol. The molecule has 3 amide bonds. The quantitative estimate of drug-likeness (QED) is 0.212. The van der Waals surface area contributed by atoms with Gasteiger partial charge in [0.05, 0.1) is 28.6 Å². The van der Waals surface area contributed by atoms with Gasteiger partial charge in [0.25, 0.3) is 16.8 Å². The van der Waals surface area contributed by atoms with Crippen molar-refractivity contribution < 1.29 is 28.8 Å². The van der Waals surface area contributed by atoms with Gasteiger partial charge in [-0.2, -0.15) is 0 Å². The van der Waals surface area contributed by atoms with Gasteiger partial charge in [0, 0.05) is 5.69 Å². The monoisotopic (exact) mass is 547 g/mol. The fourth-order valence-corrected chi connectivity index (χ4v) is 4.79. The number of para-hydroxylation sites is 1. The minimum Gasteiger partial charge on any atom is -0.493 e. The van der Waals surface area contributed by atoms with Crippen molar-refractivity contribution >= 4 is 46.3 Å². The van der Waals surface area contributed by atoms with Gasteiger partial charge < -0.3 is 14.8 Å². The summed E-state index contributed by atoms with van der Waals surface area (Å²) in [6.45, 7) is 3.35. The zero-order chi connectivity index (χ0) is 28.1. The van der Waals surface area contributed by atoms with Crippen molar-refractivity contribution in [2.24, 2.45) is 0 Å². The average Bonchev–Trinajstić information content (AvgIpc) is 3.17. The van der Waals surface area contributed by atoms with Crippen LogP contribution in [0.1, 0.15) is 22.3 Å². The van der Waals surface area contributed by atoms with Crippen LogP contribution in [0.25, 0.3) is 6.08 Å². The van der Waals surface area contributed by atoms with Crippen LogP contribution in [-0.2, 0) is 16.2 Å². The summed E-state index contributed by atoms with van der Waals surface area (Å²) < 4.78 is 11.1. The van der Waals surface area contributed by atoms with Crippen LogP contribution in [0.4, 0.5) is 16.2 Å². The fourth-order valence-electron chi connectivity index (χ4n) is 3.96. The number of hydrogen-bond donors (Lipinski definition) is 1. The van der Waals surface area contributed by atoms with Crippen molar-refractivity contribution in [2.45, 2.75) is 20.5 Å². The predicted octanol–water partition coefficient (Wildman–Crippen LogP) is 5.47. The van der Waals surface area contributed by atoms with Crippen molar-refractivity contribution in [3.05, 3.63) is 97.9 Å². The van der Waals surface area contributed by atoms with Crippen molar-refractivity contribution in [3.8, 4) is 11.5 Å². The Morgan fingerprint density at radius 2 is 1.74 bits per heavy atom. The van der Waals surface area contributed by atoms with Crippen molar-refractivity contribution in [1.29, 1.82) is 0 Å². The van der Waals surface area contributed by atoms with Crippen LogP contribution in [0.5, 0.6) is 11.5 Å². The van der Waals surface area contributed by atoms with E-state index >= 15 is 0 Å². The van der Waals surface area contributed by atoms with E-state index in [1.165, 1.54) is 25.3 Å². The number of thioether (sulfide) groups is 1. The topological polar surface area (TPSA) is 128 Å². The standard InChI is InChI=1S/C28H25N3O7S/c1-17-8-7-9-18(2)26(17)29-25(32)15-30-27(33)24(39-28(30)34)13-20-12-22(37-3)23(14-21(20)31(35)36)38-16-19-10-5-4-6-11-19/h4-14H,15-16H2,1-3H3,(H,29,32)/b24-13+. The number of aryl methyl sites for hydroxylation is 2. The van der Waals surface area contributed by atoms with E-state index in [1.54, 1.807) is 0 Å². The molecule has 0 unspecified atom stereocenters. The van der Waals surface area contributed by atoms with E-state index in [2.05, 4.69) is 5.32 Å². The summed E-state index contributed by atoms with van der Waals surface area (Å²) in [6, 6.07) is 17.4. The smallest absolute Gasteiger partial charge is 0.294 e. The van der Waals surface area contributed by atoms with E-state index in [0.29, 0.717) is 17.4 Å². The maximum atomic E-state index is 13.0. The van der Waals surface area contributed by atoms with Crippen LogP contribution < -0.4 is 14.8 Å². The Hall–Kier alpha value is -4.64. The molecule has 4 rings (SSSR count). The molecule has 11 heteroatoms. The highest BCUT2D eigenvalue weighted by atomic mass is 32.2. The summed E-state index contributed by atoms with van der Waals surface area (Å²) in [5.41, 5.74) is 2.88. The van der Waals surface area contributed by atoms with Crippen molar-refractivity contribution in [1.82, 2.24) is 4.90 Å². The second-order valence-corrected chi connectivity index (χ2v) is 9.67. The third kappa shape index (κ3) is 6.27. The zero-order valence-corrected chi connectivity index (χ0v) is 22.2. The number of nitro benzene ring substituents is 1. The molecule has 3 aromatic rings. The molecule has 1 aliphatic rings. The number of carbonyl (C=O) groups is 3. The molecule has 10 nitrogen and oxygen atoms in total. The van der Waals surface area contributed by atoms with Crippen molar-refractivity contribution in [3.63, 3.8) is 0 Å². The van der Waals surface area contributed by atoms with Gasteiger partial charge in [-0.1, -0.05) is 48.5 Å². The number of nitro groups is 1. The van der Waals surface area contributed by atoms with Crippen LogP contribution in [0.3, 0.4) is 0 Å². The highest BCUT2D eigenvalue weighted by molar-refractivity contribution is 8.18. The molecule has 0 aromatic heterocycles. The normalized spacial score (nSPS) is 14.0. The molecule has 1 heterocycles. The number of ether oxygens (including phenoxy) is 2. The molecular formula is C28H25N3O7S. The summed E-state index contributed by atoms with van der Waals surface area (Å²) >= 11 is 0.601. The molecule has 3 aromatic carbocycles. The molecule has 0 atom stereocenters. The number of benzene rings is 3. The Bertz CT molecular complexity index is 1470. The molecule has 1 fully saturated rings. The van der Waals surface area contributed by atoms with Gasteiger partial charge in [-0.05, 0) is 54.4 Å². The lowest BCUT2D eigenvalue weighted by Gasteiger charge is -2.15. The summed E-state index contributed by atoms with van der Waals surface area (Å²) in [4.78, 5) is 50.3. The van der Waals surface area contributed by atoms with Gasteiger partial charge in [0.2, 0.25) is 5.91 Å². The summed E-state index contributed by atoms with van der Waals surface area (Å²) in [5, 5.41) is 14.0. The first-order chi connectivity index (χ1) is 18.7. The maximum Gasteiger partial charge on any atom is 0.294 e. The second kappa shape index (κ2) is 11.8. The van der Waals surface area contributed by atoms with E-state index in [0.717, 1.165) is 21.6 Å². The number of amides is 3. The zero-order valence-electron chi connectivity index (χ0n) is 21.4. The second-order valence-electron chi connectivity index (χ2n) is 8.68. The molecule has 0 radical (unpaired) electrons. The molecule has 200 valence electrons. The number of rotatable bonds is 9. The molecule has 1 saturated heterocycles. The first-order valence-electron chi connectivity index (χ1n) is 11.8. The number of imide groups is 1. The van der Waals surface area contributed by atoms with Crippen molar-refractivity contribution in [2.75, 3.05) is 19.0 Å². The van der Waals surface area contributed by atoms with E-state index in [-0.39, 0.29) is 34.3 Å². The number of hydrogen-bond acceptors (Lipinski definition) is 8. The molecule has 39 heavy (non-hydrogen) atoms. The highest BCUT2D eigenvalue weighted by Gasteiger charge is 2.37. The van der Waals surface area contributed by atoms with E-state index in [4.69, 9.17) is 9.47 Å². The molecule has 0 spiro atoms. The number of nitrogens with zero attached hydrogens (tertiary/aromatic N) is 2. The third-order valence-electron chi connectivity index (χ3n) is 5.95. The van der Waals surface area contributed by atoms with E-state index in [9.17, 15) is 24.5 Å². The predicted molar refractivity (Wildman–Crippen MR) is 148 cm³/mol. The Balaban J connectivity index is 1.55. The first kappa shape index (κ1) is 27.4. The van der Waals surface area contributed by atoms with Gasteiger partial charge in [0.15, 0.2) is 11.5 Å². The minimum atomic E-state index is -0.723. The molecule has 0 saturated carbocycles. The Labute approximate surface area is 228 Å². The van der Waals surface area contributed by atoms with E-state index in [1.807, 2.05) is 62.4 Å². The number of carbonyl (C=O) groups excluding carboxylic acids is 3. The van der Waals surface area contributed by atoms with Crippen LogP contribution in [0.15, 0.2) is 65.6 Å². The van der Waals surface area contributed by atoms with Crippen LogP contribution >= 0.6 is 11.8 Å². The SMILES string of the molecule is COc1cc(/C=C2/SC(=O)N(CC(=O)Nc3c(C)cccc3C)C2=O)c([N+](=O)[O-])cc1OCc1ccccc1.